The molecule has 0 aromatic rings. The molecule has 0 aromatic heterocycles. The van der Waals surface area contributed by atoms with Gasteiger partial charge in [-0.2, -0.15) is 0 Å². The van der Waals surface area contributed by atoms with Crippen LogP contribution in [-0.4, -0.2) is 109 Å². The number of hydrogen-bond acceptors (Lipinski definition) is 10. The van der Waals surface area contributed by atoms with E-state index in [4.69, 9.17) is 14.2 Å². The molecule has 4 aliphatic carbocycles. The van der Waals surface area contributed by atoms with E-state index in [0.29, 0.717) is 19.3 Å². The Morgan fingerprint density at radius 2 is 1.50 bits per heavy atom. The maximum absolute atomic E-state index is 12.2. The molecular formula is C36H62O10. The summed E-state index contributed by atoms with van der Waals surface area (Å²) in [5, 5.41) is 76.4. The molecule has 0 unspecified atom stereocenters. The fourth-order valence-electron chi connectivity index (χ4n) is 12.7. The standard InChI is InChI=1S/C36H62O10/c1-31(2)23(39)10-12-33(5)22-15-19(38)25-18(36(8)14-11-24(46-36)32(3,4)43)9-13-34(25,6)35(22,7)16-20(29(31)33)44-30-28(42)27(41)26(40)21(17-37)45-30/h18-30,37-43H,9-17H2,1-8H3/t18-,19+,20-,21+,22+,23-,24+,25-,26+,27-,28+,29-,30+,33+,34+,35+,36-/m0/s1. The molecule has 266 valence electrons. The second-order valence-corrected chi connectivity index (χ2v) is 18.4. The first-order chi connectivity index (χ1) is 21.2. The van der Waals surface area contributed by atoms with Gasteiger partial charge in [-0.1, -0.05) is 34.6 Å². The molecule has 2 saturated heterocycles. The van der Waals surface area contributed by atoms with Crippen LogP contribution in [0.4, 0.5) is 0 Å². The van der Waals surface area contributed by atoms with Gasteiger partial charge in [0, 0.05) is 0 Å². The molecule has 6 fully saturated rings. The minimum Gasteiger partial charge on any atom is -0.394 e. The summed E-state index contributed by atoms with van der Waals surface area (Å²) in [6.45, 7) is 16.4. The Morgan fingerprint density at radius 1 is 0.826 bits per heavy atom. The maximum atomic E-state index is 12.2. The molecule has 10 heteroatoms. The molecule has 6 aliphatic rings. The molecule has 6 rings (SSSR count). The zero-order chi connectivity index (χ0) is 34.0. The van der Waals surface area contributed by atoms with Gasteiger partial charge in [0.25, 0.3) is 0 Å². The molecule has 17 atom stereocenters. The lowest BCUT2D eigenvalue weighted by Gasteiger charge is -2.72. The summed E-state index contributed by atoms with van der Waals surface area (Å²) in [7, 11) is 0. The highest BCUT2D eigenvalue weighted by Crippen LogP contribution is 2.76. The van der Waals surface area contributed by atoms with Crippen molar-refractivity contribution in [2.24, 2.45) is 45.3 Å². The van der Waals surface area contributed by atoms with Crippen LogP contribution in [0.1, 0.15) is 107 Å². The Morgan fingerprint density at radius 3 is 2.11 bits per heavy atom. The average molecular weight is 655 g/mol. The van der Waals surface area contributed by atoms with Crippen LogP contribution in [0.15, 0.2) is 0 Å². The van der Waals surface area contributed by atoms with Gasteiger partial charge in [0.15, 0.2) is 6.29 Å². The van der Waals surface area contributed by atoms with E-state index in [1.165, 1.54) is 0 Å². The van der Waals surface area contributed by atoms with E-state index in [-0.39, 0.29) is 46.0 Å². The SMILES string of the molecule is CC(C)(O)[C@H]1CC[C@@](C)([C@H]2CC[C@]3(C)[C@@H]2[C@H](O)C[C@@H]2[C@@]4(C)CC[C@H](O)C(C)(C)[C@@H]4[C@@H](O[C@@H]4O[C@H](CO)[C@@H](O)[C@H](O)[C@H]4O)C[C@]23C)O1. The van der Waals surface area contributed by atoms with Gasteiger partial charge in [0.1, 0.15) is 24.4 Å². The number of hydrogen-bond donors (Lipinski definition) is 7. The van der Waals surface area contributed by atoms with Crippen molar-refractivity contribution < 1.29 is 50.0 Å². The summed E-state index contributed by atoms with van der Waals surface area (Å²) in [5.74, 6) is 0.0944. The van der Waals surface area contributed by atoms with E-state index in [0.717, 1.165) is 32.1 Å². The molecule has 0 aromatic carbocycles. The first-order valence-electron chi connectivity index (χ1n) is 17.9. The zero-order valence-corrected chi connectivity index (χ0v) is 29.2. The lowest BCUT2D eigenvalue weighted by Crippen LogP contribution is -2.71. The van der Waals surface area contributed by atoms with Crippen LogP contribution in [0.25, 0.3) is 0 Å². The lowest BCUT2D eigenvalue weighted by atomic mass is 9.34. The molecule has 46 heavy (non-hydrogen) atoms. The fraction of sp³-hybridized carbons (Fsp3) is 1.00. The summed E-state index contributed by atoms with van der Waals surface area (Å²) in [6, 6.07) is 0. The minimum absolute atomic E-state index is 0.0189. The Kier molecular flexibility index (Phi) is 8.71. The third kappa shape index (κ3) is 4.94. The normalized spacial score (nSPS) is 57.1. The minimum atomic E-state index is -1.54. The van der Waals surface area contributed by atoms with Gasteiger partial charge >= 0.3 is 0 Å². The Bertz CT molecular complexity index is 1140. The number of aliphatic hydroxyl groups is 7. The Hall–Kier alpha value is -0.400. The monoisotopic (exact) mass is 654 g/mol. The predicted molar refractivity (Wildman–Crippen MR) is 169 cm³/mol. The third-order valence-electron chi connectivity index (χ3n) is 15.3. The highest BCUT2D eigenvalue weighted by molar-refractivity contribution is 5.22. The van der Waals surface area contributed by atoms with Crippen molar-refractivity contribution >= 4 is 0 Å². The van der Waals surface area contributed by atoms with Gasteiger partial charge in [-0.15, -0.1) is 0 Å². The third-order valence-corrected chi connectivity index (χ3v) is 15.3. The van der Waals surface area contributed by atoms with Crippen molar-refractivity contribution in [2.75, 3.05) is 6.61 Å². The van der Waals surface area contributed by atoms with Crippen molar-refractivity contribution in [3.05, 3.63) is 0 Å². The van der Waals surface area contributed by atoms with Crippen LogP contribution in [-0.2, 0) is 14.2 Å². The lowest BCUT2D eigenvalue weighted by molar-refractivity contribution is -0.347. The van der Waals surface area contributed by atoms with Gasteiger partial charge in [-0.05, 0) is 117 Å². The molecular weight excluding hydrogens is 592 g/mol. The summed E-state index contributed by atoms with van der Waals surface area (Å²) < 4.78 is 19.4. The predicted octanol–water partition coefficient (Wildman–Crippen LogP) is 2.51. The van der Waals surface area contributed by atoms with E-state index < -0.39 is 72.2 Å². The maximum Gasteiger partial charge on any atom is 0.186 e. The molecule has 0 amide bonds. The van der Waals surface area contributed by atoms with Crippen LogP contribution < -0.4 is 0 Å². The molecule has 10 nitrogen and oxygen atoms in total. The summed E-state index contributed by atoms with van der Waals surface area (Å²) in [5.41, 5.74) is -2.83. The molecule has 4 saturated carbocycles. The smallest absolute Gasteiger partial charge is 0.186 e. The number of rotatable bonds is 5. The summed E-state index contributed by atoms with van der Waals surface area (Å²) in [6.07, 6.45) is -2.57. The topological polar surface area (TPSA) is 169 Å². The van der Waals surface area contributed by atoms with Gasteiger partial charge in [-0.25, -0.2) is 0 Å². The second-order valence-electron chi connectivity index (χ2n) is 18.4. The van der Waals surface area contributed by atoms with Crippen LogP contribution in [0.3, 0.4) is 0 Å². The van der Waals surface area contributed by atoms with Crippen molar-refractivity contribution in [3.63, 3.8) is 0 Å². The van der Waals surface area contributed by atoms with Gasteiger partial charge in [-0.3, -0.25) is 0 Å². The Balaban J connectivity index is 1.38. The second kappa shape index (κ2) is 11.3. The molecule has 0 spiro atoms. The molecule has 2 heterocycles. The molecule has 0 radical (unpaired) electrons. The van der Waals surface area contributed by atoms with Crippen molar-refractivity contribution in [1.82, 2.24) is 0 Å². The van der Waals surface area contributed by atoms with E-state index in [1.54, 1.807) is 13.8 Å². The average Bonchev–Trinajstić information content (AvgIpc) is 3.55. The van der Waals surface area contributed by atoms with Crippen LogP contribution >= 0.6 is 0 Å². The van der Waals surface area contributed by atoms with Gasteiger partial charge in [0.05, 0.1) is 42.2 Å². The quantitative estimate of drug-likeness (QED) is 0.219. The highest BCUT2D eigenvalue weighted by atomic mass is 16.7. The fourth-order valence-corrected chi connectivity index (χ4v) is 12.7. The van der Waals surface area contributed by atoms with E-state index in [9.17, 15) is 35.7 Å². The van der Waals surface area contributed by atoms with Crippen molar-refractivity contribution in [1.29, 1.82) is 0 Å². The Labute approximate surface area is 274 Å². The number of fused-ring (bicyclic) bond motifs is 5. The summed E-state index contributed by atoms with van der Waals surface area (Å²) in [4.78, 5) is 0. The van der Waals surface area contributed by atoms with Gasteiger partial charge < -0.3 is 50.0 Å². The number of aliphatic hydroxyl groups excluding tert-OH is 6. The van der Waals surface area contributed by atoms with E-state index in [1.807, 2.05) is 0 Å². The first kappa shape index (κ1) is 35.4. The zero-order valence-electron chi connectivity index (χ0n) is 29.2. The highest BCUT2D eigenvalue weighted by Gasteiger charge is 2.74. The summed E-state index contributed by atoms with van der Waals surface area (Å²) >= 11 is 0. The molecule has 0 bridgehead atoms. The molecule has 2 aliphatic heterocycles. The van der Waals surface area contributed by atoms with Crippen LogP contribution in [0.5, 0.6) is 0 Å². The van der Waals surface area contributed by atoms with Crippen LogP contribution in [0, 0.1) is 45.3 Å². The largest absolute Gasteiger partial charge is 0.394 e. The van der Waals surface area contributed by atoms with Crippen LogP contribution in [0.2, 0.25) is 0 Å². The number of ether oxygens (including phenoxy) is 3. The van der Waals surface area contributed by atoms with Gasteiger partial charge in [0.2, 0.25) is 0 Å². The van der Waals surface area contributed by atoms with E-state index >= 15 is 0 Å². The van der Waals surface area contributed by atoms with Crippen molar-refractivity contribution in [3.8, 4) is 0 Å². The molecule has 7 N–H and O–H groups in total. The first-order valence-corrected chi connectivity index (χ1v) is 17.9. The van der Waals surface area contributed by atoms with E-state index in [2.05, 4.69) is 41.5 Å². The van der Waals surface area contributed by atoms with Crippen molar-refractivity contribution in [2.45, 2.75) is 173 Å².